The van der Waals surface area contributed by atoms with Crippen molar-refractivity contribution in [3.63, 3.8) is 0 Å². The SMILES string of the molecule is Cc1nn(-c2ccc(C(=O)N3C[C@H](C)C[C@@H](C)C3)cc2)c(C)c1Cl. The van der Waals surface area contributed by atoms with Crippen LogP contribution in [0.5, 0.6) is 0 Å². The molecule has 2 aromatic rings. The molecule has 0 radical (unpaired) electrons. The van der Waals surface area contributed by atoms with Crippen LogP contribution < -0.4 is 0 Å². The predicted octanol–water partition coefficient (Wildman–Crippen LogP) is 4.26. The molecule has 1 aliphatic rings. The van der Waals surface area contributed by atoms with Crippen LogP contribution in [0, 0.1) is 25.7 Å². The number of nitrogens with zero attached hydrogens (tertiary/aromatic N) is 3. The molecule has 1 aromatic heterocycles. The largest absolute Gasteiger partial charge is 0.338 e. The Morgan fingerprint density at radius 3 is 2.21 bits per heavy atom. The van der Waals surface area contributed by atoms with Crippen LogP contribution in [0.2, 0.25) is 5.02 Å². The molecule has 0 bridgehead atoms. The van der Waals surface area contributed by atoms with Crippen molar-refractivity contribution in [2.45, 2.75) is 34.1 Å². The van der Waals surface area contributed by atoms with Crippen LogP contribution in [0.15, 0.2) is 24.3 Å². The molecular formula is C19H24ClN3O. The van der Waals surface area contributed by atoms with Crippen molar-refractivity contribution in [3.8, 4) is 5.69 Å². The minimum Gasteiger partial charge on any atom is -0.338 e. The Hall–Kier alpha value is -1.81. The molecule has 1 fully saturated rings. The third-order valence-electron chi connectivity index (χ3n) is 4.72. The normalized spacial score (nSPS) is 21.1. The number of halogens is 1. The van der Waals surface area contributed by atoms with Gasteiger partial charge in [0.05, 0.1) is 22.1 Å². The molecule has 1 aromatic carbocycles. The first-order valence-electron chi connectivity index (χ1n) is 8.48. The average Bonchev–Trinajstić information content (AvgIpc) is 2.81. The summed E-state index contributed by atoms with van der Waals surface area (Å²) in [5, 5.41) is 5.14. The van der Waals surface area contributed by atoms with Crippen molar-refractivity contribution in [3.05, 3.63) is 46.2 Å². The molecule has 0 aliphatic carbocycles. The van der Waals surface area contributed by atoms with E-state index in [-0.39, 0.29) is 5.91 Å². The van der Waals surface area contributed by atoms with Gasteiger partial charge in [0.2, 0.25) is 0 Å². The van der Waals surface area contributed by atoms with Gasteiger partial charge in [-0.25, -0.2) is 4.68 Å². The smallest absolute Gasteiger partial charge is 0.253 e. The second-order valence-corrected chi connectivity index (χ2v) is 7.48. The average molecular weight is 346 g/mol. The molecule has 5 heteroatoms. The molecule has 0 saturated carbocycles. The van der Waals surface area contributed by atoms with Crippen molar-refractivity contribution in [1.82, 2.24) is 14.7 Å². The van der Waals surface area contributed by atoms with Gasteiger partial charge in [-0.3, -0.25) is 4.79 Å². The van der Waals surface area contributed by atoms with Gasteiger partial charge in [0.25, 0.3) is 5.91 Å². The number of carbonyl (C=O) groups excluding carboxylic acids is 1. The van der Waals surface area contributed by atoms with Gasteiger partial charge < -0.3 is 4.90 Å². The summed E-state index contributed by atoms with van der Waals surface area (Å²) in [5.41, 5.74) is 3.37. The number of rotatable bonds is 2. The lowest BCUT2D eigenvalue weighted by Crippen LogP contribution is -2.42. The molecule has 4 nitrogen and oxygen atoms in total. The molecule has 24 heavy (non-hydrogen) atoms. The van der Waals surface area contributed by atoms with Crippen molar-refractivity contribution in [1.29, 1.82) is 0 Å². The predicted molar refractivity (Wildman–Crippen MR) is 96.9 cm³/mol. The van der Waals surface area contributed by atoms with Gasteiger partial charge in [-0.2, -0.15) is 5.10 Å². The summed E-state index contributed by atoms with van der Waals surface area (Å²) in [6.07, 6.45) is 1.20. The lowest BCUT2D eigenvalue weighted by molar-refractivity contribution is 0.0623. The molecule has 0 spiro atoms. The quantitative estimate of drug-likeness (QED) is 0.815. The fourth-order valence-corrected chi connectivity index (χ4v) is 3.75. The van der Waals surface area contributed by atoms with Gasteiger partial charge >= 0.3 is 0 Å². The van der Waals surface area contributed by atoms with Gasteiger partial charge in [0, 0.05) is 18.7 Å². The zero-order valence-corrected chi connectivity index (χ0v) is 15.5. The van der Waals surface area contributed by atoms with Crippen LogP contribution in [0.4, 0.5) is 0 Å². The summed E-state index contributed by atoms with van der Waals surface area (Å²) < 4.78 is 1.82. The summed E-state index contributed by atoms with van der Waals surface area (Å²) in [7, 11) is 0. The van der Waals surface area contributed by atoms with Gasteiger partial charge in [0.15, 0.2) is 0 Å². The second kappa shape index (κ2) is 6.60. The number of hydrogen-bond donors (Lipinski definition) is 0. The van der Waals surface area contributed by atoms with Crippen LogP contribution in [0.1, 0.15) is 42.0 Å². The van der Waals surface area contributed by atoms with E-state index < -0.39 is 0 Å². The number of hydrogen-bond acceptors (Lipinski definition) is 2. The van der Waals surface area contributed by atoms with Gasteiger partial charge in [-0.1, -0.05) is 25.4 Å². The minimum absolute atomic E-state index is 0.117. The zero-order chi connectivity index (χ0) is 17.4. The highest BCUT2D eigenvalue weighted by atomic mass is 35.5. The first kappa shape index (κ1) is 17.0. The Labute approximate surface area is 148 Å². The van der Waals surface area contributed by atoms with Crippen LogP contribution in [-0.2, 0) is 0 Å². The van der Waals surface area contributed by atoms with E-state index in [0.29, 0.717) is 16.9 Å². The van der Waals surface area contributed by atoms with Crippen LogP contribution in [0.3, 0.4) is 0 Å². The molecule has 2 atom stereocenters. The first-order valence-corrected chi connectivity index (χ1v) is 8.86. The monoisotopic (exact) mass is 345 g/mol. The van der Waals surface area contributed by atoms with E-state index in [1.54, 1.807) is 0 Å². The van der Waals surface area contributed by atoms with Crippen molar-refractivity contribution >= 4 is 17.5 Å². The Balaban J connectivity index is 1.81. The van der Waals surface area contributed by atoms with E-state index in [0.717, 1.165) is 35.7 Å². The third kappa shape index (κ3) is 3.20. The molecule has 0 unspecified atom stereocenters. The van der Waals surface area contributed by atoms with E-state index in [1.165, 1.54) is 6.42 Å². The summed E-state index contributed by atoms with van der Waals surface area (Å²) >= 11 is 6.21. The van der Waals surface area contributed by atoms with Gasteiger partial charge in [-0.05, 0) is 56.4 Å². The standard InChI is InChI=1S/C19H24ClN3O/c1-12-9-13(2)11-22(10-12)19(24)16-5-7-17(8-6-16)23-15(4)18(20)14(3)21-23/h5-8,12-13H,9-11H2,1-4H3/t12-,13-/m1/s1. The highest BCUT2D eigenvalue weighted by Gasteiger charge is 2.26. The highest BCUT2D eigenvalue weighted by molar-refractivity contribution is 6.31. The maximum absolute atomic E-state index is 12.7. The fourth-order valence-electron chi connectivity index (χ4n) is 3.63. The summed E-state index contributed by atoms with van der Waals surface area (Å²) in [6.45, 7) is 9.95. The fraction of sp³-hybridized carbons (Fsp3) is 0.474. The Morgan fingerprint density at radius 1 is 1.12 bits per heavy atom. The van der Waals surface area contributed by atoms with Gasteiger partial charge in [0.1, 0.15) is 0 Å². The lowest BCUT2D eigenvalue weighted by atomic mass is 9.91. The summed E-state index contributed by atoms with van der Waals surface area (Å²) in [4.78, 5) is 14.7. The Kier molecular flexibility index (Phi) is 4.68. The minimum atomic E-state index is 0.117. The lowest BCUT2D eigenvalue weighted by Gasteiger charge is -2.35. The Morgan fingerprint density at radius 2 is 1.71 bits per heavy atom. The first-order chi connectivity index (χ1) is 11.4. The van der Waals surface area contributed by atoms with E-state index in [2.05, 4.69) is 18.9 Å². The van der Waals surface area contributed by atoms with Crippen LogP contribution in [0.25, 0.3) is 5.69 Å². The number of likely N-dealkylation sites (tertiary alicyclic amines) is 1. The molecule has 128 valence electrons. The van der Waals surface area contributed by atoms with E-state index in [4.69, 9.17) is 11.6 Å². The second-order valence-electron chi connectivity index (χ2n) is 7.10. The number of piperidine rings is 1. The van der Waals surface area contributed by atoms with E-state index in [1.807, 2.05) is 47.7 Å². The van der Waals surface area contributed by atoms with Gasteiger partial charge in [-0.15, -0.1) is 0 Å². The van der Waals surface area contributed by atoms with Crippen LogP contribution in [-0.4, -0.2) is 33.7 Å². The number of benzene rings is 1. The number of carbonyl (C=O) groups is 1. The Bertz CT molecular complexity index is 741. The van der Waals surface area contributed by atoms with Crippen molar-refractivity contribution in [2.75, 3.05) is 13.1 Å². The molecule has 2 heterocycles. The van der Waals surface area contributed by atoms with E-state index in [9.17, 15) is 4.79 Å². The number of amides is 1. The molecule has 3 rings (SSSR count). The molecule has 1 amide bonds. The number of aromatic nitrogens is 2. The van der Waals surface area contributed by atoms with E-state index >= 15 is 0 Å². The maximum Gasteiger partial charge on any atom is 0.253 e. The van der Waals surface area contributed by atoms with Crippen molar-refractivity contribution < 1.29 is 4.79 Å². The highest BCUT2D eigenvalue weighted by Crippen LogP contribution is 2.24. The summed E-state index contributed by atoms with van der Waals surface area (Å²) in [6, 6.07) is 7.62. The molecule has 0 N–H and O–H groups in total. The maximum atomic E-state index is 12.7. The topological polar surface area (TPSA) is 38.1 Å². The molecule has 1 aliphatic heterocycles. The van der Waals surface area contributed by atoms with Crippen LogP contribution >= 0.6 is 11.6 Å². The van der Waals surface area contributed by atoms with Crippen molar-refractivity contribution in [2.24, 2.45) is 11.8 Å². The third-order valence-corrected chi connectivity index (χ3v) is 5.26. The molecular weight excluding hydrogens is 322 g/mol. The molecule has 1 saturated heterocycles. The zero-order valence-electron chi connectivity index (χ0n) is 14.7. The summed E-state index contributed by atoms with van der Waals surface area (Å²) in [5.74, 6) is 1.24. The number of aryl methyl sites for hydroxylation is 1.